The van der Waals surface area contributed by atoms with E-state index in [-0.39, 0.29) is 5.75 Å². The van der Waals surface area contributed by atoms with Gasteiger partial charge < -0.3 is 20.5 Å². The van der Waals surface area contributed by atoms with Crippen molar-refractivity contribution in [3.8, 4) is 11.5 Å². The van der Waals surface area contributed by atoms with Gasteiger partial charge in [0.15, 0.2) is 5.11 Å². The first kappa shape index (κ1) is 15.7. The number of halogens is 2. The van der Waals surface area contributed by atoms with E-state index in [1.807, 2.05) is 0 Å². The highest BCUT2D eigenvalue weighted by Gasteiger charge is 2.06. The maximum atomic E-state index is 9.78. The molecule has 2 aromatic carbocycles. The molecule has 7 heteroatoms. The summed E-state index contributed by atoms with van der Waals surface area (Å²) in [5, 5.41) is 16.8. The monoisotopic (exact) mass is 342 g/mol. The van der Waals surface area contributed by atoms with Crippen molar-refractivity contribution in [3.63, 3.8) is 0 Å². The Morgan fingerprint density at radius 3 is 2.52 bits per heavy atom. The van der Waals surface area contributed by atoms with E-state index in [1.54, 1.807) is 37.4 Å². The first-order valence-corrected chi connectivity index (χ1v) is 7.06. The van der Waals surface area contributed by atoms with Gasteiger partial charge in [-0.25, -0.2) is 0 Å². The standard InChI is InChI=1S/C14H12Cl2N2O2S/c1-20-9-3-5-13(19)12(7-9)18-14(21)17-8-2-4-10(15)11(16)6-8/h2-7,19H,1H3,(H2,17,18,21). The molecule has 0 saturated heterocycles. The summed E-state index contributed by atoms with van der Waals surface area (Å²) in [6, 6.07) is 9.87. The van der Waals surface area contributed by atoms with E-state index >= 15 is 0 Å². The summed E-state index contributed by atoms with van der Waals surface area (Å²) in [6.45, 7) is 0. The fourth-order valence-electron chi connectivity index (χ4n) is 1.60. The van der Waals surface area contributed by atoms with Crippen LogP contribution in [-0.4, -0.2) is 17.3 Å². The lowest BCUT2D eigenvalue weighted by Gasteiger charge is -2.13. The number of hydrogen-bond acceptors (Lipinski definition) is 3. The Labute approximate surface area is 137 Å². The number of methoxy groups -OCH3 is 1. The third-order valence-electron chi connectivity index (χ3n) is 2.63. The lowest BCUT2D eigenvalue weighted by molar-refractivity contribution is 0.413. The third kappa shape index (κ3) is 4.14. The average molecular weight is 343 g/mol. The molecule has 4 nitrogen and oxygen atoms in total. The summed E-state index contributed by atoms with van der Waals surface area (Å²) in [7, 11) is 1.54. The predicted octanol–water partition coefficient (Wildman–Crippen LogP) is 4.52. The lowest BCUT2D eigenvalue weighted by Crippen LogP contribution is -2.19. The Morgan fingerprint density at radius 2 is 1.86 bits per heavy atom. The average Bonchev–Trinajstić information content (AvgIpc) is 2.45. The van der Waals surface area contributed by atoms with Gasteiger partial charge in [0.2, 0.25) is 0 Å². The number of hydrogen-bond donors (Lipinski definition) is 3. The molecule has 3 N–H and O–H groups in total. The molecule has 21 heavy (non-hydrogen) atoms. The van der Waals surface area contributed by atoms with Crippen LogP contribution >= 0.6 is 35.4 Å². The minimum absolute atomic E-state index is 0.0640. The molecule has 0 aliphatic carbocycles. The van der Waals surface area contributed by atoms with Crippen molar-refractivity contribution in [3.05, 3.63) is 46.4 Å². The van der Waals surface area contributed by atoms with Gasteiger partial charge in [-0.15, -0.1) is 0 Å². The van der Waals surface area contributed by atoms with Crippen LogP contribution in [0.1, 0.15) is 0 Å². The van der Waals surface area contributed by atoms with Gasteiger partial charge in [0, 0.05) is 11.8 Å². The summed E-state index contributed by atoms with van der Waals surface area (Å²) in [6.07, 6.45) is 0. The van der Waals surface area contributed by atoms with E-state index in [0.717, 1.165) is 0 Å². The van der Waals surface area contributed by atoms with E-state index in [2.05, 4.69) is 10.6 Å². The van der Waals surface area contributed by atoms with Crippen LogP contribution in [0.3, 0.4) is 0 Å². The topological polar surface area (TPSA) is 53.5 Å². The summed E-state index contributed by atoms with van der Waals surface area (Å²) in [4.78, 5) is 0. The summed E-state index contributed by atoms with van der Waals surface area (Å²) < 4.78 is 5.09. The zero-order valence-corrected chi connectivity index (χ0v) is 13.3. The maximum absolute atomic E-state index is 9.78. The first-order chi connectivity index (χ1) is 9.99. The summed E-state index contributed by atoms with van der Waals surface area (Å²) in [5.41, 5.74) is 1.12. The second-order valence-corrected chi connectivity index (χ2v) is 5.31. The van der Waals surface area contributed by atoms with Gasteiger partial charge in [0.25, 0.3) is 0 Å². The molecular formula is C14H12Cl2N2O2S. The largest absolute Gasteiger partial charge is 0.506 e. The molecule has 0 bridgehead atoms. The van der Waals surface area contributed by atoms with Gasteiger partial charge in [-0.1, -0.05) is 23.2 Å². The summed E-state index contributed by atoms with van der Waals surface area (Å²) >= 11 is 17.0. The Balaban J connectivity index is 2.09. The Bertz CT molecular complexity index is 680. The van der Waals surface area contributed by atoms with Crippen molar-refractivity contribution in [1.82, 2.24) is 0 Å². The van der Waals surface area contributed by atoms with Crippen molar-refractivity contribution >= 4 is 51.9 Å². The zero-order valence-electron chi connectivity index (χ0n) is 11.0. The number of phenolic OH excluding ortho intramolecular Hbond substituents is 1. The lowest BCUT2D eigenvalue weighted by atomic mass is 10.2. The molecule has 0 fully saturated rings. The van der Waals surface area contributed by atoms with Crippen LogP contribution in [0, 0.1) is 0 Å². The highest BCUT2D eigenvalue weighted by molar-refractivity contribution is 7.80. The van der Waals surface area contributed by atoms with Crippen molar-refractivity contribution in [2.75, 3.05) is 17.7 Å². The minimum Gasteiger partial charge on any atom is -0.506 e. The van der Waals surface area contributed by atoms with Gasteiger partial charge in [0.05, 0.1) is 22.8 Å². The van der Waals surface area contributed by atoms with E-state index in [1.165, 1.54) is 6.07 Å². The molecule has 0 radical (unpaired) electrons. The molecule has 0 unspecified atom stereocenters. The number of aromatic hydroxyl groups is 1. The number of ether oxygens (including phenoxy) is 1. The molecule has 0 saturated carbocycles. The smallest absolute Gasteiger partial charge is 0.175 e. The van der Waals surface area contributed by atoms with Gasteiger partial charge >= 0.3 is 0 Å². The fraction of sp³-hybridized carbons (Fsp3) is 0.0714. The number of phenols is 1. The van der Waals surface area contributed by atoms with Gasteiger partial charge in [-0.3, -0.25) is 0 Å². The second-order valence-electron chi connectivity index (χ2n) is 4.09. The molecular weight excluding hydrogens is 331 g/mol. The Morgan fingerprint density at radius 1 is 1.10 bits per heavy atom. The number of nitrogens with one attached hydrogen (secondary N) is 2. The normalized spacial score (nSPS) is 10.0. The van der Waals surface area contributed by atoms with Gasteiger partial charge in [-0.2, -0.15) is 0 Å². The molecule has 2 rings (SSSR count). The Hall–Kier alpha value is -1.69. The molecule has 0 spiro atoms. The van der Waals surface area contributed by atoms with Crippen LogP contribution in [-0.2, 0) is 0 Å². The third-order valence-corrected chi connectivity index (χ3v) is 3.57. The van der Waals surface area contributed by atoms with Crippen LogP contribution in [0.15, 0.2) is 36.4 Å². The van der Waals surface area contributed by atoms with Gasteiger partial charge in [0.1, 0.15) is 11.5 Å². The van der Waals surface area contributed by atoms with Crippen molar-refractivity contribution in [1.29, 1.82) is 0 Å². The molecule has 110 valence electrons. The quantitative estimate of drug-likeness (QED) is 0.565. The molecule has 0 aliphatic heterocycles. The maximum Gasteiger partial charge on any atom is 0.175 e. The van der Waals surface area contributed by atoms with Crippen molar-refractivity contribution in [2.24, 2.45) is 0 Å². The SMILES string of the molecule is COc1ccc(O)c(NC(=S)Nc2ccc(Cl)c(Cl)c2)c1. The second kappa shape index (κ2) is 6.85. The van der Waals surface area contributed by atoms with Crippen LogP contribution in [0.4, 0.5) is 11.4 Å². The van der Waals surface area contributed by atoms with E-state index < -0.39 is 0 Å². The number of rotatable bonds is 3. The molecule has 0 aromatic heterocycles. The van der Waals surface area contributed by atoms with Crippen molar-refractivity contribution in [2.45, 2.75) is 0 Å². The number of thiocarbonyl (C=S) groups is 1. The van der Waals surface area contributed by atoms with Crippen LogP contribution in [0.25, 0.3) is 0 Å². The first-order valence-electron chi connectivity index (χ1n) is 5.89. The highest BCUT2D eigenvalue weighted by atomic mass is 35.5. The highest BCUT2D eigenvalue weighted by Crippen LogP contribution is 2.28. The minimum atomic E-state index is 0.0640. The van der Waals surface area contributed by atoms with E-state index in [9.17, 15) is 5.11 Å². The van der Waals surface area contributed by atoms with Crippen LogP contribution in [0.2, 0.25) is 10.0 Å². The summed E-state index contributed by atoms with van der Waals surface area (Å²) in [5.74, 6) is 0.668. The fourth-order valence-corrected chi connectivity index (χ4v) is 2.13. The molecule has 2 aromatic rings. The molecule has 0 aliphatic rings. The number of anilines is 2. The molecule has 0 heterocycles. The van der Waals surface area contributed by atoms with Crippen LogP contribution in [0.5, 0.6) is 11.5 Å². The predicted molar refractivity (Wildman–Crippen MR) is 91.0 cm³/mol. The Kier molecular flexibility index (Phi) is 5.12. The van der Waals surface area contributed by atoms with E-state index in [4.69, 9.17) is 40.2 Å². The molecule has 0 amide bonds. The van der Waals surface area contributed by atoms with Gasteiger partial charge in [-0.05, 0) is 42.5 Å². The zero-order chi connectivity index (χ0) is 15.4. The van der Waals surface area contributed by atoms with E-state index in [0.29, 0.717) is 32.3 Å². The van der Waals surface area contributed by atoms with Crippen molar-refractivity contribution < 1.29 is 9.84 Å². The van der Waals surface area contributed by atoms with Crippen LogP contribution < -0.4 is 15.4 Å². The number of benzene rings is 2. The molecule has 0 atom stereocenters.